The smallest absolute Gasteiger partial charge is 0.314 e. The highest BCUT2D eigenvalue weighted by molar-refractivity contribution is 6.39. The Bertz CT molecular complexity index is 619. The zero-order chi connectivity index (χ0) is 18.3. The van der Waals surface area contributed by atoms with E-state index in [1.165, 1.54) is 19.2 Å². The molecule has 0 spiro atoms. The number of ether oxygens (including phenoxy) is 1. The van der Waals surface area contributed by atoms with Crippen molar-refractivity contribution in [1.82, 2.24) is 10.2 Å². The van der Waals surface area contributed by atoms with E-state index in [9.17, 15) is 18.8 Å². The van der Waals surface area contributed by atoms with Crippen molar-refractivity contribution < 1.29 is 23.5 Å². The van der Waals surface area contributed by atoms with Crippen LogP contribution in [0.5, 0.6) is 5.75 Å². The highest BCUT2D eigenvalue weighted by Gasteiger charge is 2.22. The van der Waals surface area contributed by atoms with E-state index in [2.05, 4.69) is 10.6 Å². The lowest BCUT2D eigenvalue weighted by molar-refractivity contribution is -0.143. The van der Waals surface area contributed by atoms with Crippen LogP contribution in [0.4, 0.5) is 10.1 Å². The molecule has 0 fully saturated rings. The minimum absolute atomic E-state index is 0.0511. The van der Waals surface area contributed by atoms with Gasteiger partial charge in [0.2, 0.25) is 5.91 Å². The number of anilines is 1. The van der Waals surface area contributed by atoms with Crippen LogP contribution in [0.15, 0.2) is 18.2 Å². The van der Waals surface area contributed by atoms with E-state index >= 15 is 0 Å². The molecule has 0 saturated heterocycles. The van der Waals surface area contributed by atoms with Gasteiger partial charge in [0.15, 0.2) is 0 Å². The molecule has 1 rings (SSSR count). The molecule has 0 bridgehead atoms. The number of nitrogens with zero attached hydrogens (tertiary/aromatic N) is 1. The van der Waals surface area contributed by atoms with Crippen molar-refractivity contribution in [2.24, 2.45) is 0 Å². The summed E-state index contributed by atoms with van der Waals surface area (Å²) in [6.07, 6.45) is 0. The number of carbonyl (C=O) groups excluding carboxylic acids is 3. The summed E-state index contributed by atoms with van der Waals surface area (Å²) in [6.45, 7) is 5.36. The van der Waals surface area contributed by atoms with Crippen LogP contribution in [-0.2, 0) is 14.4 Å². The fourth-order valence-corrected chi connectivity index (χ4v) is 1.89. The SMILES string of the molecule is CCOc1ccc(F)cc1NC(=O)C(=O)N(C)CC(=O)NC(C)C. The molecule has 132 valence electrons. The van der Waals surface area contributed by atoms with Crippen molar-refractivity contribution in [1.29, 1.82) is 0 Å². The Kier molecular flexibility index (Phi) is 7.16. The molecule has 1 aromatic rings. The largest absolute Gasteiger partial charge is 0.492 e. The Hall–Kier alpha value is -2.64. The van der Waals surface area contributed by atoms with Gasteiger partial charge in [-0.25, -0.2) is 4.39 Å². The number of amides is 3. The zero-order valence-corrected chi connectivity index (χ0v) is 14.2. The van der Waals surface area contributed by atoms with Crippen LogP contribution < -0.4 is 15.4 Å². The van der Waals surface area contributed by atoms with Crippen LogP contribution >= 0.6 is 0 Å². The maximum atomic E-state index is 13.3. The predicted molar refractivity (Wildman–Crippen MR) is 87.1 cm³/mol. The third-order valence-electron chi connectivity index (χ3n) is 2.86. The van der Waals surface area contributed by atoms with Crippen LogP contribution in [0, 0.1) is 5.82 Å². The molecule has 0 unspecified atom stereocenters. The highest BCUT2D eigenvalue weighted by atomic mass is 19.1. The van der Waals surface area contributed by atoms with Crippen molar-refractivity contribution >= 4 is 23.4 Å². The minimum atomic E-state index is -0.985. The van der Waals surface area contributed by atoms with E-state index in [4.69, 9.17) is 4.74 Å². The molecule has 0 aliphatic rings. The number of carbonyl (C=O) groups is 3. The van der Waals surface area contributed by atoms with E-state index in [1.54, 1.807) is 20.8 Å². The number of benzene rings is 1. The fourth-order valence-electron chi connectivity index (χ4n) is 1.89. The molecule has 2 N–H and O–H groups in total. The molecule has 24 heavy (non-hydrogen) atoms. The topological polar surface area (TPSA) is 87.7 Å². The highest BCUT2D eigenvalue weighted by Crippen LogP contribution is 2.25. The third kappa shape index (κ3) is 5.86. The van der Waals surface area contributed by atoms with Gasteiger partial charge in [-0.3, -0.25) is 14.4 Å². The summed E-state index contributed by atoms with van der Waals surface area (Å²) in [5.74, 6) is -2.61. The summed E-state index contributed by atoms with van der Waals surface area (Å²) in [5.41, 5.74) is 0.0511. The second-order valence-corrected chi connectivity index (χ2v) is 5.41. The minimum Gasteiger partial charge on any atom is -0.492 e. The maximum absolute atomic E-state index is 13.3. The number of likely N-dealkylation sites (N-methyl/N-ethyl adjacent to an activating group) is 1. The quantitative estimate of drug-likeness (QED) is 0.761. The Morgan fingerprint density at radius 2 is 1.96 bits per heavy atom. The molecule has 0 aromatic heterocycles. The summed E-state index contributed by atoms with van der Waals surface area (Å²) in [6, 6.07) is 3.53. The van der Waals surface area contributed by atoms with Gasteiger partial charge in [0.1, 0.15) is 11.6 Å². The average molecular weight is 339 g/mol. The molecule has 8 heteroatoms. The van der Waals surface area contributed by atoms with Gasteiger partial charge in [-0.2, -0.15) is 0 Å². The first kappa shape index (κ1) is 19.4. The van der Waals surface area contributed by atoms with Crippen molar-refractivity contribution in [3.8, 4) is 5.75 Å². The number of hydrogen-bond acceptors (Lipinski definition) is 4. The van der Waals surface area contributed by atoms with Gasteiger partial charge >= 0.3 is 11.8 Å². The Balaban J connectivity index is 2.75. The van der Waals surface area contributed by atoms with Gasteiger partial charge in [0, 0.05) is 19.2 Å². The average Bonchev–Trinajstić information content (AvgIpc) is 2.48. The van der Waals surface area contributed by atoms with Gasteiger partial charge in [-0.15, -0.1) is 0 Å². The number of hydrogen-bond donors (Lipinski definition) is 2. The fraction of sp³-hybridized carbons (Fsp3) is 0.438. The Morgan fingerprint density at radius 3 is 2.54 bits per heavy atom. The second kappa shape index (κ2) is 8.85. The molecular formula is C16H22FN3O4. The first-order valence-corrected chi connectivity index (χ1v) is 7.52. The molecule has 0 radical (unpaired) electrons. The van der Waals surface area contributed by atoms with Gasteiger partial charge in [0.05, 0.1) is 18.8 Å². The molecule has 0 heterocycles. The number of halogens is 1. The first-order chi connectivity index (χ1) is 11.2. The molecule has 1 aromatic carbocycles. The Labute approximate surface area is 140 Å². The van der Waals surface area contributed by atoms with Crippen LogP contribution in [0.1, 0.15) is 20.8 Å². The second-order valence-electron chi connectivity index (χ2n) is 5.41. The van der Waals surface area contributed by atoms with Gasteiger partial charge < -0.3 is 20.3 Å². The Morgan fingerprint density at radius 1 is 1.29 bits per heavy atom. The van der Waals surface area contributed by atoms with Crippen LogP contribution in [0.25, 0.3) is 0 Å². The van der Waals surface area contributed by atoms with Crippen molar-refractivity contribution in [3.63, 3.8) is 0 Å². The first-order valence-electron chi connectivity index (χ1n) is 7.52. The summed E-state index contributed by atoms with van der Waals surface area (Å²) in [5, 5.41) is 4.92. The summed E-state index contributed by atoms with van der Waals surface area (Å²) >= 11 is 0. The van der Waals surface area contributed by atoms with Crippen LogP contribution in [0.2, 0.25) is 0 Å². The molecule has 0 aliphatic carbocycles. The predicted octanol–water partition coefficient (Wildman–Crippen LogP) is 1.15. The number of nitrogens with one attached hydrogen (secondary N) is 2. The van der Waals surface area contributed by atoms with Crippen molar-refractivity contribution in [2.75, 3.05) is 25.5 Å². The van der Waals surface area contributed by atoms with E-state index in [1.807, 2.05) is 0 Å². The lowest BCUT2D eigenvalue weighted by Gasteiger charge is -2.18. The van der Waals surface area contributed by atoms with E-state index < -0.39 is 17.6 Å². The van der Waals surface area contributed by atoms with Crippen LogP contribution in [0.3, 0.4) is 0 Å². The lowest BCUT2D eigenvalue weighted by atomic mass is 10.2. The molecule has 0 aliphatic heterocycles. The van der Waals surface area contributed by atoms with Crippen molar-refractivity contribution in [2.45, 2.75) is 26.8 Å². The zero-order valence-electron chi connectivity index (χ0n) is 14.2. The summed E-state index contributed by atoms with van der Waals surface area (Å²) in [7, 11) is 1.33. The van der Waals surface area contributed by atoms with Crippen molar-refractivity contribution in [3.05, 3.63) is 24.0 Å². The monoisotopic (exact) mass is 339 g/mol. The van der Waals surface area contributed by atoms with Crippen LogP contribution in [-0.4, -0.2) is 48.9 Å². The summed E-state index contributed by atoms with van der Waals surface area (Å²) in [4.78, 5) is 36.6. The van der Waals surface area contributed by atoms with Gasteiger partial charge in [0.25, 0.3) is 0 Å². The summed E-state index contributed by atoms with van der Waals surface area (Å²) < 4.78 is 18.6. The molecular weight excluding hydrogens is 317 g/mol. The molecule has 7 nitrogen and oxygen atoms in total. The van der Waals surface area contributed by atoms with E-state index in [-0.39, 0.29) is 29.9 Å². The number of rotatable bonds is 6. The lowest BCUT2D eigenvalue weighted by Crippen LogP contribution is -2.44. The van der Waals surface area contributed by atoms with Gasteiger partial charge in [-0.05, 0) is 32.9 Å². The van der Waals surface area contributed by atoms with Gasteiger partial charge in [-0.1, -0.05) is 0 Å². The molecule has 0 atom stereocenters. The van der Waals surface area contributed by atoms with E-state index in [0.717, 1.165) is 11.0 Å². The maximum Gasteiger partial charge on any atom is 0.314 e. The standard InChI is InChI=1S/C16H22FN3O4/c1-5-24-13-7-6-11(17)8-12(13)19-15(22)16(23)20(4)9-14(21)18-10(2)3/h6-8,10H,5,9H2,1-4H3,(H,18,21)(H,19,22). The molecule has 0 saturated carbocycles. The normalized spacial score (nSPS) is 10.2. The van der Waals surface area contributed by atoms with E-state index in [0.29, 0.717) is 6.61 Å². The third-order valence-corrected chi connectivity index (χ3v) is 2.86. The molecule has 3 amide bonds.